The summed E-state index contributed by atoms with van der Waals surface area (Å²) in [6, 6.07) is 8.60. The number of guanidine groups is 1. The highest BCUT2D eigenvalue weighted by molar-refractivity contribution is 5.80. The van der Waals surface area contributed by atoms with Gasteiger partial charge in [0, 0.05) is 25.7 Å². The second-order valence-corrected chi connectivity index (χ2v) is 6.31. The highest BCUT2D eigenvalue weighted by Crippen LogP contribution is 2.13. The van der Waals surface area contributed by atoms with Crippen LogP contribution in [0.2, 0.25) is 0 Å². The molecule has 1 aliphatic rings. The lowest BCUT2D eigenvalue weighted by molar-refractivity contribution is 0.206. The van der Waals surface area contributed by atoms with Crippen LogP contribution in [-0.4, -0.2) is 50.2 Å². The molecule has 1 saturated heterocycles. The van der Waals surface area contributed by atoms with E-state index in [1.54, 1.807) is 7.11 Å². The number of nitrogens with zero attached hydrogens (tertiary/aromatic N) is 2. The monoisotopic (exact) mass is 332 g/mol. The summed E-state index contributed by atoms with van der Waals surface area (Å²) in [6.07, 6.45) is 3.61. The van der Waals surface area contributed by atoms with E-state index in [4.69, 9.17) is 9.73 Å². The lowest BCUT2D eigenvalue weighted by atomic mass is 10.1. The zero-order chi connectivity index (χ0) is 17.2. The van der Waals surface area contributed by atoms with Crippen LogP contribution < -0.4 is 15.4 Å². The summed E-state index contributed by atoms with van der Waals surface area (Å²) in [5.41, 5.74) is 1.16. The number of aliphatic imine (C=N–C) groups is 1. The predicted molar refractivity (Wildman–Crippen MR) is 101 cm³/mol. The van der Waals surface area contributed by atoms with Crippen LogP contribution in [0, 0.1) is 0 Å². The molecule has 0 aliphatic carbocycles. The number of ether oxygens (including phenoxy) is 1. The molecule has 5 heteroatoms. The Hall–Kier alpha value is -1.75. The maximum atomic E-state index is 5.28. The zero-order valence-corrected chi connectivity index (χ0v) is 15.3. The lowest BCUT2D eigenvalue weighted by Gasteiger charge is -2.32. The third kappa shape index (κ3) is 6.04. The van der Waals surface area contributed by atoms with E-state index in [9.17, 15) is 0 Å². The molecule has 2 N–H and O–H groups in total. The van der Waals surface area contributed by atoms with Crippen molar-refractivity contribution in [3.63, 3.8) is 0 Å². The molecule has 1 aromatic carbocycles. The third-order valence-corrected chi connectivity index (χ3v) is 4.37. The minimum atomic E-state index is 0.515. The number of likely N-dealkylation sites (tertiary alicyclic amines) is 1. The molecule has 0 amide bonds. The van der Waals surface area contributed by atoms with Crippen LogP contribution in [0.5, 0.6) is 5.75 Å². The van der Waals surface area contributed by atoms with E-state index in [1.807, 2.05) is 18.2 Å². The van der Waals surface area contributed by atoms with E-state index >= 15 is 0 Å². The molecular weight excluding hydrogens is 300 g/mol. The largest absolute Gasteiger partial charge is 0.497 e. The van der Waals surface area contributed by atoms with Gasteiger partial charge in [-0.1, -0.05) is 19.1 Å². The van der Waals surface area contributed by atoms with E-state index in [0.717, 1.165) is 23.8 Å². The Morgan fingerprint density at radius 2 is 2.08 bits per heavy atom. The van der Waals surface area contributed by atoms with E-state index in [2.05, 4.69) is 35.4 Å². The average Bonchev–Trinajstić information content (AvgIpc) is 2.62. The minimum absolute atomic E-state index is 0.515. The molecule has 1 aromatic rings. The van der Waals surface area contributed by atoms with Gasteiger partial charge in [0.2, 0.25) is 0 Å². The van der Waals surface area contributed by atoms with Gasteiger partial charge in [-0.05, 0) is 50.4 Å². The summed E-state index contributed by atoms with van der Waals surface area (Å²) < 4.78 is 5.28. The summed E-state index contributed by atoms with van der Waals surface area (Å²) in [5, 5.41) is 6.96. The number of nitrogens with one attached hydrogen (secondary N) is 2. The molecule has 1 aliphatic heterocycles. The van der Waals surface area contributed by atoms with Crippen molar-refractivity contribution in [1.82, 2.24) is 15.5 Å². The second kappa shape index (κ2) is 10.2. The Balaban J connectivity index is 1.89. The molecular formula is C19H32N4O. The first-order valence-electron chi connectivity index (χ1n) is 9.15. The first-order chi connectivity index (χ1) is 11.7. The first-order valence-corrected chi connectivity index (χ1v) is 9.15. The van der Waals surface area contributed by atoms with Gasteiger partial charge in [0.15, 0.2) is 5.96 Å². The third-order valence-electron chi connectivity index (χ3n) is 4.37. The van der Waals surface area contributed by atoms with Gasteiger partial charge in [-0.15, -0.1) is 0 Å². The molecule has 134 valence electrons. The summed E-state index contributed by atoms with van der Waals surface area (Å²) in [4.78, 5) is 7.29. The average molecular weight is 332 g/mol. The van der Waals surface area contributed by atoms with Crippen molar-refractivity contribution in [3.8, 4) is 5.75 Å². The first kappa shape index (κ1) is 18.6. The number of hydrogen-bond donors (Lipinski definition) is 2. The van der Waals surface area contributed by atoms with Gasteiger partial charge in [0.1, 0.15) is 5.75 Å². The fraction of sp³-hybridized carbons (Fsp3) is 0.632. The Morgan fingerprint density at radius 3 is 2.75 bits per heavy atom. The summed E-state index contributed by atoms with van der Waals surface area (Å²) in [6.45, 7) is 9.46. The van der Waals surface area contributed by atoms with Gasteiger partial charge < -0.3 is 20.3 Å². The van der Waals surface area contributed by atoms with E-state index < -0.39 is 0 Å². The van der Waals surface area contributed by atoms with Crippen LogP contribution in [0.15, 0.2) is 29.3 Å². The van der Waals surface area contributed by atoms with Crippen LogP contribution in [0.4, 0.5) is 0 Å². The van der Waals surface area contributed by atoms with Crippen molar-refractivity contribution in [1.29, 1.82) is 0 Å². The molecule has 5 nitrogen and oxygen atoms in total. The Kier molecular flexibility index (Phi) is 7.89. The van der Waals surface area contributed by atoms with Crippen molar-refractivity contribution in [2.45, 2.75) is 45.7 Å². The molecule has 0 radical (unpaired) electrons. The number of piperidine rings is 1. The highest BCUT2D eigenvalue weighted by atomic mass is 16.5. The SMILES string of the molecule is CCCN1CCC(NC(=NCc2cccc(OC)c2)NCC)CC1. The van der Waals surface area contributed by atoms with Crippen molar-refractivity contribution < 1.29 is 4.74 Å². The van der Waals surface area contributed by atoms with Crippen LogP contribution in [-0.2, 0) is 6.54 Å². The van der Waals surface area contributed by atoms with Crippen LogP contribution in [0.3, 0.4) is 0 Å². The van der Waals surface area contributed by atoms with Crippen LogP contribution in [0.25, 0.3) is 0 Å². The molecule has 0 aromatic heterocycles. The number of methoxy groups -OCH3 is 1. The predicted octanol–water partition coefficient (Wildman–Crippen LogP) is 2.62. The highest BCUT2D eigenvalue weighted by Gasteiger charge is 2.19. The molecule has 1 fully saturated rings. The number of hydrogen-bond acceptors (Lipinski definition) is 3. The number of benzene rings is 1. The standard InChI is InChI=1S/C19H32N4O/c1-4-11-23-12-9-17(10-13-23)22-19(20-5-2)21-15-16-7-6-8-18(14-16)24-3/h6-8,14,17H,4-5,9-13,15H2,1-3H3,(H2,20,21,22). The normalized spacial score (nSPS) is 16.9. The minimum Gasteiger partial charge on any atom is -0.497 e. The van der Waals surface area contributed by atoms with E-state index in [1.165, 1.54) is 38.9 Å². The Morgan fingerprint density at radius 1 is 1.29 bits per heavy atom. The van der Waals surface area contributed by atoms with Gasteiger partial charge in [-0.3, -0.25) is 0 Å². The molecule has 1 heterocycles. The van der Waals surface area contributed by atoms with Gasteiger partial charge in [-0.25, -0.2) is 4.99 Å². The lowest BCUT2D eigenvalue weighted by Crippen LogP contribution is -2.48. The van der Waals surface area contributed by atoms with Crippen molar-refractivity contribution >= 4 is 5.96 Å². The maximum Gasteiger partial charge on any atom is 0.191 e. The zero-order valence-electron chi connectivity index (χ0n) is 15.3. The molecule has 0 saturated carbocycles. The van der Waals surface area contributed by atoms with Gasteiger partial charge in [0.05, 0.1) is 13.7 Å². The van der Waals surface area contributed by atoms with Gasteiger partial charge in [0.25, 0.3) is 0 Å². The van der Waals surface area contributed by atoms with Crippen LogP contribution in [0.1, 0.15) is 38.7 Å². The van der Waals surface area contributed by atoms with E-state index in [0.29, 0.717) is 12.6 Å². The second-order valence-electron chi connectivity index (χ2n) is 6.31. The number of rotatable bonds is 7. The topological polar surface area (TPSA) is 48.9 Å². The van der Waals surface area contributed by atoms with Gasteiger partial charge in [-0.2, -0.15) is 0 Å². The molecule has 24 heavy (non-hydrogen) atoms. The van der Waals surface area contributed by atoms with Crippen molar-refractivity contribution in [2.75, 3.05) is 33.3 Å². The quantitative estimate of drug-likeness (QED) is 0.595. The van der Waals surface area contributed by atoms with Crippen LogP contribution >= 0.6 is 0 Å². The van der Waals surface area contributed by atoms with E-state index in [-0.39, 0.29) is 0 Å². The summed E-state index contributed by atoms with van der Waals surface area (Å²) >= 11 is 0. The molecule has 2 rings (SSSR count). The fourth-order valence-corrected chi connectivity index (χ4v) is 3.07. The molecule has 0 atom stereocenters. The van der Waals surface area contributed by atoms with Crippen molar-refractivity contribution in [2.24, 2.45) is 4.99 Å². The molecule has 0 unspecified atom stereocenters. The molecule has 0 spiro atoms. The van der Waals surface area contributed by atoms with Crippen molar-refractivity contribution in [3.05, 3.63) is 29.8 Å². The van der Waals surface area contributed by atoms with Gasteiger partial charge >= 0.3 is 0 Å². The summed E-state index contributed by atoms with van der Waals surface area (Å²) in [7, 11) is 1.69. The molecule has 0 bridgehead atoms. The fourth-order valence-electron chi connectivity index (χ4n) is 3.07. The Bertz CT molecular complexity index is 510. The summed E-state index contributed by atoms with van der Waals surface area (Å²) in [5.74, 6) is 1.79. The maximum absolute atomic E-state index is 5.28. The smallest absolute Gasteiger partial charge is 0.191 e. The Labute approximate surface area is 146 Å².